The van der Waals surface area contributed by atoms with Gasteiger partial charge in [0.15, 0.2) is 0 Å². The Labute approximate surface area is 188 Å². The molecule has 1 atom stereocenters. The molecule has 0 bridgehead atoms. The highest BCUT2D eigenvalue weighted by Crippen LogP contribution is 2.29. The monoisotopic (exact) mass is 454 g/mol. The highest BCUT2D eigenvalue weighted by molar-refractivity contribution is 7.92. The van der Waals surface area contributed by atoms with E-state index in [9.17, 15) is 13.2 Å². The molecular formula is C24H26N2O5S. The third-order valence-electron chi connectivity index (χ3n) is 5.04. The van der Waals surface area contributed by atoms with Gasteiger partial charge < -0.3 is 14.8 Å². The lowest BCUT2D eigenvalue weighted by atomic mass is 10.0. The molecule has 2 N–H and O–H groups in total. The second-order valence-electron chi connectivity index (χ2n) is 7.25. The molecule has 3 aromatic rings. The van der Waals surface area contributed by atoms with E-state index in [0.717, 1.165) is 5.56 Å². The topological polar surface area (TPSA) is 93.7 Å². The first-order valence-corrected chi connectivity index (χ1v) is 11.4. The lowest BCUT2D eigenvalue weighted by Crippen LogP contribution is -2.27. The standard InChI is InChI=1S/C24H26N2O5S/c1-16-14-18(10-12-22(16)26-32(28,29)20-8-6-5-7-9-20)24(27)25-17(2)21-15-19(30-3)11-13-23(21)31-4/h5-15,17,26H,1-4H3,(H,25,27). The number of rotatable bonds is 8. The summed E-state index contributed by atoms with van der Waals surface area (Å²) >= 11 is 0. The van der Waals surface area contributed by atoms with Gasteiger partial charge in [0.2, 0.25) is 0 Å². The van der Waals surface area contributed by atoms with Crippen LogP contribution in [-0.2, 0) is 10.0 Å². The lowest BCUT2D eigenvalue weighted by Gasteiger charge is -2.19. The van der Waals surface area contributed by atoms with Crippen LogP contribution in [0.1, 0.15) is 34.5 Å². The molecule has 3 rings (SSSR count). The number of benzene rings is 3. The van der Waals surface area contributed by atoms with Crippen molar-refractivity contribution in [3.05, 3.63) is 83.4 Å². The van der Waals surface area contributed by atoms with Crippen molar-refractivity contribution < 1.29 is 22.7 Å². The fourth-order valence-corrected chi connectivity index (χ4v) is 4.41. The number of carbonyl (C=O) groups is 1. The van der Waals surface area contributed by atoms with Crippen molar-refractivity contribution in [1.29, 1.82) is 0 Å². The van der Waals surface area contributed by atoms with E-state index in [0.29, 0.717) is 28.3 Å². The van der Waals surface area contributed by atoms with Gasteiger partial charge in [-0.1, -0.05) is 18.2 Å². The number of carbonyl (C=O) groups excluding carboxylic acids is 1. The molecule has 0 aliphatic heterocycles. The van der Waals surface area contributed by atoms with E-state index in [4.69, 9.17) is 9.47 Å². The lowest BCUT2D eigenvalue weighted by molar-refractivity contribution is 0.0939. The van der Waals surface area contributed by atoms with Crippen molar-refractivity contribution in [3.63, 3.8) is 0 Å². The molecule has 168 valence electrons. The smallest absolute Gasteiger partial charge is 0.261 e. The summed E-state index contributed by atoms with van der Waals surface area (Å²) in [6, 6.07) is 18.0. The van der Waals surface area contributed by atoms with Gasteiger partial charge in [-0.05, 0) is 67.9 Å². The van der Waals surface area contributed by atoms with E-state index < -0.39 is 10.0 Å². The summed E-state index contributed by atoms with van der Waals surface area (Å²) in [7, 11) is -0.572. The van der Waals surface area contributed by atoms with E-state index in [-0.39, 0.29) is 16.8 Å². The van der Waals surface area contributed by atoms with Crippen molar-refractivity contribution in [2.45, 2.75) is 24.8 Å². The van der Waals surface area contributed by atoms with E-state index in [1.165, 1.54) is 12.1 Å². The molecule has 1 amide bonds. The second-order valence-corrected chi connectivity index (χ2v) is 8.93. The molecule has 8 heteroatoms. The molecule has 7 nitrogen and oxygen atoms in total. The van der Waals surface area contributed by atoms with Gasteiger partial charge in [0.25, 0.3) is 15.9 Å². The number of anilines is 1. The number of sulfonamides is 1. The summed E-state index contributed by atoms with van der Waals surface area (Å²) in [6.07, 6.45) is 0. The van der Waals surface area contributed by atoms with Gasteiger partial charge in [0.05, 0.1) is 30.8 Å². The normalized spacial score (nSPS) is 12.0. The summed E-state index contributed by atoms with van der Waals surface area (Å²) in [4.78, 5) is 13.0. The van der Waals surface area contributed by atoms with Crippen LogP contribution in [0.5, 0.6) is 11.5 Å². The zero-order valence-corrected chi connectivity index (χ0v) is 19.2. The van der Waals surface area contributed by atoms with E-state index >= 15 is 0 Å². The van der Waals surface area contributed by atoms with Gasteiger partial charge in [-0.2, -0.15) is 0 Å². The number of nitrogens with one attached hydrogen (secondary N) is 2. The van der Waals surface area contributed by atoms with Crippen LogP contribution in [0.3, 0.4) is 0 Å². The first kappa shape index (κ1) is 23.1. The molecule has 0 aliphatic carbocycles. The number of aryl methyl sites for hydroxylation is 1. The summed E-state index contributed by atoms with van der Waals surface area (Å²) in [5.74, 6) is 1.01. The first-order valence-electron chi connectivity index (χ1n) is 9.96. The van der Waals surface area contributed by atoms with Crippen molar-refractivity contribution in [2.75, 3.05) is 18.9 Å². The third kappa shape index (κ3) is 5.20. The van der Waals surface area contributed by atoms with Crippen LogP contribution in [0, 0.1) is 6.92 Å². The second kappa shape index (κ2) is 9.74. The summed E-state index contributed by atoms with van der Waals surface area (Å²) in [6.45, 7) is 3.60. The van der Waals surface area contributed by atoms with Crippen molar-refractivity contribution in [1.82, 2.24) is 5.32 Å². The molecule has 0 spiro atoms. The average Bonchev–Trinajstić information content (AvgIpc) is 2.80. The maximum atomic E-state index is 12.8. The maximum absolute atomic E-state index is 12.8. The number of amides is 1. The van der Waals surface area contributed by atoms with Crippen LogP contribution in [0.2, 0.25) is 0 Å². The first-order chi connectivity index (χ1) is 15.2. The number of hydrogen-bond donors (Lipinski definition) is 2. The largest absolute Gasteiger partial charge is 0.497 e. The molecule has 1 unspecified atom stereocenters. The van der Waals surface area contributed by atoms with E-state index in [2.05, 4.69) is 10.0 Å². The zero-order chi connectivity index (χ0) is 23.3. The predicted octanol–water partition coefficient (Wildman–Crippen LogP) is 4.30. The molecule has 3 aromatic carbocycles. The van der Waals surface area contributed by atoms with Crippen LogP contribution >= 0.6 is 0 Å². The molecule has 0 aromatic heterocycles. The molecular weight excluding hydrogens is 428 g/mol. The average molecular weight is 455 g/mol. The Balaban J connectivity index is 1.77. The molecule has 0 aliphatic rings. The summed E-state index contributed by atoms with van der Waals surface area (Å²) in [5, 5.41) is 2.95. The van der Waals surface area contributed by atoms with Crippen molar-refractivity contribution >= 4 is 21.6 Å². The minimum Gasteiger partial charge on any atom is -0.497 e. The van der Waals surface area contributed by atoms with Gasteiger partial charge in [-0.3, -0.25) is 9.52 Å². The van der Waals surface area contributed by atoms with E-state index in [1.807, 2.05) is 13.0 Å². The Morgan fingerprint density at radius 3 is 2.28 bits per heavy atom. The Kier molecular flexibility index (Phi) is 7.05. The summed E-state index contributed by atoms with van der Waals surface area (Å²) < 4.78 is 38.4. The van der Waals surface area contributed by atoms with Gasteiger partial charge in [0, 0.05) is 11.1 Å². The SMILES string of the molecule is COc1ccc(OC)c(C(C)NC(=O)c2ccc(NS(=O)(=O)c3ccccc3)c(C)c2)c1. The highest BCUT2D eigenvalue weighted by Gasteiger charge is 2.18. The van der Waals surface area contributed by atoms with Gasteiger partial charge in [0.1, 0.15) is 11.5 Å². The molecule has 0 saturated heterocycles. The van der Waals surface area contributed by atoms with Gasteiger partial charge in [-0.15, -0.1) is 0 Å². The van der Waals surface area contributed by atoms with Crippen LogP contribution in [0.4, 0.5) is 5.69 Å². The minimum atomic E-state index is -3.71. The maximum Gasteiger partial charge on any atom is 0.261 e. The van der Waals surface area contributed by atoms with E-state index in [1.54, 1.807) is 69.7 Å². The number of methoxy groups -OCH3 is 2. The summed E-state index contributed by atoms with van der Waals surface area (Å²) in [5.41, 5.74) is 2.24. The quantitative estimate of drug-likeness (QED) is 0.529. The molecule has 0 heterocycles. The Morgan fingerprint density at radius 2 is 1.66 bits per heavy atom. The Bertz CT molecular complexity index is 1210. The number of ether oxygens (including phenoxy) is 2. The predicted molar refractivity (Wildman–Crippen MR) is 124 cm³/mol. The fourth-order valence-electron chi connectivity index (χ4n) is 3.26. The Morgan fingerprint density at radius 1 is 0.938 bits per heavy atom. The van der Waals surface area contributed by atoms with Crippen LogP contribution in [-0.4, -0.2) is 28.5 Å². The molecule has 0 radical (unpaired) electrons. The van der Waals surface area contributed by atoms with Gasteiger partial charge >= 0.3 is 0 Å². The van der Waals surface area contributed by atoms with Crippen LogP contribution in [0.25, 0.3) is 0 Å². The zero-order valence-electron chi connectivity index (χ0n) is 18.4. The van der Waals surface area contributed by atoms with Crippen LogP contribution < -0.4 is 19.5 Å². The Hall–Kier alpha value is -3.52. The molecule has 32 heavy (non-hydrogen) atoms. The van der Waals surface area contributed by atoms with Crippen molar-refractivity contribution in [2.24, 2.45) is 0 Å². The van der Waals surface area contributed by atoms with Crippen molar-refractivity contribution in [3.8, 4) is 11.5 Å². The fraction of sp³-hybridized carbons (Fsp3) is 0.208. The molecule has 0 fully saturated rings. The number of hydrogen-bond acceptors (Lipinski definition) is 5. The minimum absolute atomic E-state index is 0.169. The highest BCUT2D eigenvalue weighted by atomic mass is 32.2. The van der Waals surface area contributed by atoms with Gasteiger partial charge in [-0.25, -0.2) is 8.42 Å². The van der Waals surface area contributed by atoms with Crippen LogP contribution in [0.15, 0.2) is 71.6 Å². The third-order valence-corrected chi connectivity index (χ3v) is 6.42. The molecule has 0 saturated carbocycles.